The molecule has 1 aromatic heterocycles. The highest BCUT2D eigenvalue weighted by Crippen LogP contribution is 2.43. The third kappa shape index (κ3) is 4.62. The van der Waals surface area contributed by atoms with Gasteiger partial charge in [0.1, 0.15) is 17.3 Å². The molecule has 1 aliphatic rings. The van der Waals surface area contributed by atoms with Crippen molar-refractivity contribution >= 4 is 11.7 Å². The van der Waals surface area contributed by atoms with Crippen molar-refractivity contribution in [1.29, 1.82) is 0 Å². The normalized spacial score (nSPS) is 15.9. The minimum atomic E-state index is -0.668. The van der Waals surface area contributed by atoms with E-state index in [0.29, 0.717) is 11.4 Å². The molecule has 31 heavy (non-hydrogen) atoms. The van der Waals surface area contributed by atoms with Crippen LogP contribution >= 0.6 is 0 Å². The van der Waals surface area contributed by atoms with Gasteiger partial charge in [-0.1, -0.05) is 49.2 Å². The summed E-state index contributed by atoms with van der Waals surface area (Å²) in [6, 6.07) is 21.0. The van der Waals surface area contributed by atoms with E-state index in [1.807, 2.05) is 61.5 Å². The van der Waals surface area contributed by atoms with Gasteiger partial charge >= 0.3 is 0 Å². The van der Waals surface area contributed by atoms with E-state index in [2.05, 4.69) is 10.3 Å². The van der Waals surface area contributed by atoms with Crippen molar-refractivity contribution in [3.8, 4) is 11.5 Å². The zero-order valence-electron chi connectivity index (χ0n) is 17.8. The second-order valence-electron chi connectivity index (χ2n) is 8.29. The molecule has 1 unspecified atom stereocenters. The summed E-state index contributed by atoms with van der Waals surface area (Å²) in [6.45, 7) is 1.96. The highest BCUT2D eigenvalue weighted by Gasteiger charge is 2.44. The molecular formula is C26H28N2O3. The fraction of sp³-hybridized carbons (Fsp3) is 0.308. The summed E-state index contributed by atoms with van der Waals surface area (Å²) in [6.07, 6.45) is 5.93. The summed E-state index contributed by atoms with van der Waals surface area (Å²) in [4.78, 5) is 17.8. The Balaban J connectivity index is 1.58. The van der Waals surface area contributed by atoms with E-state index in [4.69, 9.17) is 4.74 Å². The van der Waals surface area contributed by atoms with Gasteiger partial charge in [0, 0.05) is 6.20 Å². The van der Waals surface area contributed by atoms with E-state index in [-0.39, 0.29) is 18.4 Å². The molecule has 0 radical (unpaired) electrons. The Kier molecular flexibility index (Phi) is 6.33. The highest BCUT2D eigenvalue weighted by atomic mass is 16.5. The maximum atomic E-state index is 13.5. The molecule has 5 nitrogen and oxygen atoms in total. The lowest BCUT2D eigenvalue weighted by Gasteiger charge is -2.35. The Hall–Kier alpha value is -3.18. The van der Waals surface area contributed by atoms with Crippen molar-refractivity contribution in [2.24, 2.45) is 5.92 Å². The number of carbonyl (C=O) groups is 1. The molecule has 0 spiro atoms. The second-order valence-corrected chi connectivity index (χ2v) is 8.29. The molecule has 1 fully saturated rings. The van der Waals surface area contributed by atoms with E-state index in [9.17, 15) is 9.90 Å². The topological polar surface area (TPSA) is 71.5 Å². The second kappa shape index (κ2) is 9.31. The average molecular weight is 417 g/mol. The minimum Gasteiger partial charge on any atom is -0.457 e. The van der Waals surface area contributed by atoms with Gasteiger partial charge < -0.3 is 15.2 Å². The molecule has 1 atom stereocenters. The lowest BCUT2D eigenvalue weighted by molar-refractivity contribution is -0.122. The smallest absolute Gasteiger partial charge is 0.236 e. The number of rotatable bonds is 7. The largest absolute Gasteiger partial charge is 0.457 e. The number of amides is 1. The Morgan fingerprint density at radius 1 is 1.03 bits per heavy atom. The first-order valence-electron chi connectivity index (χ1n) is 10.8. The summed E-state index contributed by atoms with van der Waals surface area (Å²) in [7, 11) is 0. The van der Waals surface area contributed by atoms with Crippen LogP contribution in [0, 0.1) is 5.92 Å². The van der Waals surface area contributed by atoms with Crippen LogP contribution in [0.2, 0.25) is 0 Å². The van der Waals surface area contributed by atoms with E-state index < -0.39 is 5.41 Å². The van der Waals surface area contributed by atoms with Crippen LogP contribution in [0.15, 0.2) is 72.9 Å². The molecule has 1 heterocycles. The molecule has 1 amide bonds. The molecule has 2 aromatic carbocycles. The summed E-state index contributed by atoms with van der Waals surface area (Å²) in [5.41, 5.74) is 1.02. The van der Waals surface area contributed by atoms with Gasteiger partial charge in [0.15, 0.2) is 0 Å². The number of nitrogens with zero attached hydrogens (tertiary/aromatic N) is 1. The number of para-hydroxylation sites is 1. The standard InChI is InChI=1S/C26H28N2O3/c1-26(20-7-5-6-8-20,25(30)28-24-16-11-19(18-29)17-27-24)21-12-14-23(15-13-21)31-22-9-3-2-4-10-22/h2-4,9-17,20,29H,5-8,18H2,1H3,(H,27,28,30). The van der Waals surface area contributed by atoms with Gasteiger partial charge in [-0.15, -0.1) is 0 Å². The molecule has 5 heteroatoms. The van der Waals surface area contributed by atoms with Gasteiger partial charge in [-0.2, -0.15) is 0 Å². The summed E-state index contributed by atoms with van der Waals surface area (Å²) in [5.74, 6) is 2.23. The Labute approximate surface area is 183 Å². The first-order chi connectivity index (χ1) is 15.1. The number of aromatic nitrogens is 1. The van der Waals surface area contributed by atoms with Crippen LogP contribution in [-0.4, -0.2) is 16.0 Å². The number of aliphatic hydroxyl groups is 1. The van der Waals surface area contributed by atoms with Crippen molar-refractivity contribution in [3.63, 3.8) is 0 Å². The zero-order chi connectivity index (χ0) is 21.7. The summed E-state index contributed by atoms with van der Waals surface area (Å²) in [5, 5.41) is 12.2. The minimum absolute atomic E-state index is 0.0552. The van der Waals surface area contributed by atoms with E-state index in [1.165, 1.54) is 0 Å². The molecule has 3 aromatic rings. The van der Waals surface area contributed by atoms with Crippen molar-refractivity contribution in [3.05, 3.63) is 84.1 Å². The number of ether oxygens (including phenoxy) is 1. The third-order valence-electron chi connectivity index (χ3n) is 6.33. The molecule has 1 aliphatic carbocycles. The fourth-order valence-electron chi connectivity index (χ4n) is 4.39. The number of anilines is 1. The third-order valence-corrected chi connectivity index (χ3v) is 6.33. The maximum absolute atomic E-state index is 13.5. The number of aliphatic hydroxyl groups excluding tert-OH is 1. The number of hydrogen-bond acceptors (Lipinski definition) is 4. The van der Waals surface area contributed by atoms with E-state index in [1.54, 1.807) is 18.3 Å². The van der Waals surface area contributed by atoms with Gasteiger partial charge in [0.25, 0.3) is 0 Å². The van der Waals surface area contributed by atoms with Gasteiger partial charge in [-0.25, -0.2) is 4.98 Å². The summed E-state index contributed by atoms with van der Waals surface area (Å²) < 4.78 is 5.92. The van der Waals surface area contributed by atoms with Crippen LogP contribution in [-0.2, 0) is 16.8 Å². The summed E-state index contributed by atoms with van der Waals surface area (Å²) >= 11 is 0. The average Bonchev–Trinajstić information content (AvgIpc) is 3.36. The predicted octanol–water partition coefficient (Wildman–Crippen LogP) is 5.45. The Morgan fingerprint density at radius 2 is 1.71 bits per heavy atom. The molecule has 0 saturated heterocycles. The maximum Gasteiger partial charge on any atom is 0.236 e. The molecule has 0 aliphatic heterocycles. The van der Waals surface area contributed by atoms with Crippen LogP contribution in [0.1, 0.15) is 43.7 Å². The molecule has 0 bridgehead atoms. The van der Waals surface area contributed by atoms with Crippen LogP contribution in [0.4, 0.5) is 5.82 Å². The Bertz CT molecular complexity index is 997. The first-order valence-corrected chi connectivity index (χ1v) is 10.8. The van der Waals surface area contributed by atoms with Crippen molar-refractivity contribution < 1.29 is 14.6 Å². The van der Waals surface area contributed by atoms with Gasteiger partial charge in [-0.05, 0) is 67.1 Å². The van der Waals surface area contributed by atoms with Crippen LogP contribution < -0.4 is 10.1 Å². The molecule has 2 N–H and O–H groups in total. The lowest BCUT2D eigenvalue weighted by atomic mass is 9.70. The number of carbonyl (C=O) groups excluding carboxylic acids is 1. The monoisotopic (exact) mass is 416 g/mol. The van der Waals surface area contributed by atoms with Crippen LogP contribution in [0.25, 0.3) is 0 Å². The van der Waals surface area contributed by atoms with E-state index >= 15 is 0 Å². The molecule has 1 saturated carbocycles. The van der Waals surface area contributed by atoms with Crippen molar-refractivity contribution in [1.82, 2.24) is 4.98 Å². The van der Waals surface area contributed by atoms with E-state index in [0.717, 1.165) is 42.7 Å². The highest BCUT2D eigenvalue weighted by molar-refractivity contribution is 5.98. The zero-order valence-corrected chi connectivity index (χ0v) is 17.8. The van der Waals surface area contributed by atoms with Crippen LogP contribution in [0.5, 0.6) is 11.5 Å². The van der Waals surface area contributed by atoms with Crippen molar-refractivity contribution in [2.75, 3.05) is 5.32 Å². The van der Waals surface area contributed by atoms with Gasteiger partial charge in [-0.3, -0.25) is 4.79 Å². The first kappa shape index (κ1) is 21.1. The number of pyridine rings is 1. The quantitative estimate of drug-likeness (QED) is 0.537. The molecule has 4 rings (SSSR count). The van der Waals surface area contributed by atoms with Gasteiger partial charge in [0.2, 0.25) is 5.91 Å². The fourth-order valence-corrected chi connectivity index (χ4v) is 4.39. The molecule has 160 valence electrons. The molecular weight excluding hydrogens is 388 g/mol. The Morgan fingerprint density at radius 3 is 2.32 bits per heavy atom. The van der Waals surface area contributed by atoms with Crippen LogP contribution in [0.3, 0.4) is 0 Å². The predicted molar refractivity (Wildman–Crippen MR) is 121 cm³/mol. The van der Waals surface area contributed by atoms with Crippen molar-refractivity contribution in [2.45, 2.75) is 44.6 Å². The number of hydrogen-bond donors (Lipinski definition) is 2. The number of nitrogens with one attached hydrogen (secondary N) is 1. The van der Waals surface area contributed by atoms with Gasteiger partial charge in [0.05, 0.1) is 12.0 Å². The number of benzene rings is 2. The SMILES string of the molecule is CC(C(=O)Nc1ccc(CO)cn1)(c1ccc(Oc2ccccc2)cc1)C1CCCC1. The lowest BCUT2D eigenvalue weighted by Crippen LogP contribution is -2.43.